The summed E-state index contributed by atoms with van der Waals surface area (Å²) in [7, 11) is 0. The lowest BCUT2D eigenvalue weighted by Crippen LogP contribution is -2.27. The highest BCUT2D eigenvalue weighted by molar-refractivity contribution is 5.86. The molecule has 0 aromatic rings. The zero-order valence-corrected chi connectivity index (χ0v) is 7.35. The van der Waals surface area contributed by atoms with Crippen molar-refractivity contribution >= 4 is 5.91 Å². The summed E-state index contributed by atoms with van der Waals surface area (Å²) in [5.41, 5.74) is 0. The molecule has 1 atom stereocenters. The van der Waals surface area contributed by atoms with E-state index in [1.165, 1.54) is 0 Å². The number of hydrogen-bond donors (Lipinski definition) is 1. The average molecular weight is 189 g/mol. The summed E-state index contributed by atoms with van der Waals surface area (Å²) in [5, 5.41) is 2.52. The Morgan fingerprint density at radius 2 is 2.38 bits per heavy atom. The maximum Gasteiger partial charge on any atom is 0.248 e. The predicted molar refractivity (Wildman–Crippen MR) is 45.5 cm³/mol. The van der Waals surface area contributed by atoms with Crippen LogP contribution in [0.5, 0.6) is 0 Å². The molecule has 0 spiro atoms. The fourth-order valence-corrected chi connectivity index (χ4v) is 1.53. The smallest absolute Gasteiger partial charge is 0.248 e. The van der Waals surface area contributed by atoms with Gasteiger partial charge in [-0.3, -0.25) is 4.79 Å². The van der Waals surface area contributed by atoms with E-state index < -0.39 is 5.92 Å². The van der Waals surface area contributed by atoms with Gasteiger partial charge in [0.25, 0.3) is 0 Å². The van der Waals surface area contributed by atoms with Crippen molar-refractivity contribution < 1.29 is 13.6 Å². The number of carbonyl (C=O) groups excluding carboxylic acids is 1. The van der Waals surface area contributed by atoms with Crippen molar-refractivity contribution in [2.24, 2.45) is 5.92 Å². The lowest BCUT2D eigenvalue weighted by atomic mass is 10.1. The first-order valence-electron chi connectivity index (χ1n) is 4.31. The molecule has 2 nitrogen and oxygen atoms in total. The molecule has 1 aliphatic carbocycles. The highest BCUT2D eigenvalue weighted by atomic mass is 19.3. The molecule has 4 heteroatoms. The van der Waals surface area contributed by atoms with Gasteiger partial charge in [-0.25, -0.2) is 8.78 Å². The third-order valence-electron chi connectivity index (χ3n) is 2.26. The minimum Gasteiger partial charge on any atom is -0.352 e. The van der Waals surface area contributed by atoms with E-state index in [2.05, 4.69) is 11.9 Å². The molecule has 74 valence electrons. The molecule has 0 bridgehead atoms. The SMILES string of the molecule is C=CC(=O)NCC1CCC(F)(F)C1. The van der Waals surface area contributed by atoms with Crippen molar-refractivity contribution in [1.82, 2.24) is 5.32 Å². The fourth-order valence-electron chi connectivity index (χ4n) is 1.53. The molecule has 0 aliphatic heterocycles. The molecule has 1 rings (SSSR count). The van der Waals surface area contributed by atoms with Crippen molar-refractivity contribution in [3.63, 3.8) is 0 Å². The largest absolute Gasteiger partial charge is 0.352 e. The summed E-state index contributed by atoms with van der Waals surface area (Å²) in [5.74, 6) is -2.90. The van der Waals surface area contributed by atoms with E-state index in [0.717, 1.165) is 6.08 Å². The Hall–Kier alpha value is -0.930. The van der Waals surface area contributed by atoms with Crippen LogP contribution in [0.15, 0.2) is 12.7 Å². The molecule has 1 aliphatic rings. The molecular weight excluding hydrogens is 176 g/mol. The van der Waals surface area contributed by atoms with Gasteiger partial charge in [0.1, 0.15) is 0 Å². The number of hydrogen-bond acceptors (Lipinski definition) is 1. The van der Waals surface area contributed by atoms with Gasteiger partial charge in [-0.2, -0.15) is 0 Å². The second kappa shape index (κ2) is 3.85. The van der Waals surface area contributed by atoms with Gasteiger partial charge in [0, 0.05) is 19.4 Å². The summed E-state index contributed by atoms with van der Waals surface area (Å²) in [6.07, 6.45) is 1.48. The van der Waals surface area contributed by atoms with Gasteiger partial charge in [-0.1, -0.05) is 6.58 Å². The van der Waals surface area contributed by atoms with Crippen LogP contribution in [0.2, 0.25) is 0 Å². The van der Waals surface area contributed by atoms with Crippen molar-refractivity contribution in [3.8, 4) is 0 Å². The molecule has 13 heavy (non-hydrogen) atoms. The molecule has 0 heterocycles. The van der Waals surface area contributed by atoms with Gasteiger partial charge in [-0.05, 0) is 18.4 Å². The van der Waals surface area contributed by atoms with Crippen molar-refractivity contribution in [3.05, 3.63) is 12.7 Å². The van der Waals surface area contributed by atoms with Gasteiger partial charge >= 0.3 is 0 Å². The summed E-state index contributed by atoms with van der Waals surface area (Å²) < 4.78 is 25.3. The second-order valence-electron chi connectivity index (χ2n) is 3.41. The third kappa shape index (κ3) is 3.13. The van der Waals surface area contributed by atoms with Gasteiger partial charge in [0.05, 0.1) is 0 Å². The number of nitrogens with one attached hydrogen (secondary N) is 1. The predicted octanol–water partition coefficient (Wildman–Crippen LogP) is 1.72. The third-order valence-corrected chi connectivity index (χ3v) is 2.26. The normalized spacial score (nSPS) is 25.5. The number of amides is 1. The van der Waals surface area contributed by atoms with Crippen LogP contribution >= 0.6 is 0 Å². The first kappa shape index (κ1) is 10.2. The fraction of sp³-hybridized carbons (Fsp3) is 0.667. The van der Waals surface area contributed by atoms with E-state index in [4.69, 9.17) is 0 Å². The minimum absolute atomic E-state index is 0.0539. The van der Waals surface area contributed by atoms with Crippen molar-refractivity contribution in [1.29, 1.82) is 0 Å². The molecule has 0 aromatic heterocycles. The van der Waals surface area contributed by atoms with Crippen LogP contribution in [0.3, 0.4) is 0 Å². The van der Waals surface area contributed by atoms with Gasteiger partial charge in [0.2, 0.25) is 11.8 Å². The van der Waals surface area contributed by atoms with Crippen LogP contribution in [-0.2, 0) is 4.79 Å². The molecule has 0 aromatic carbocycles. The van der Waals surface area contributed by atoms with Gasteiger partial charge in [0.15, 0.2) is 0 Å². The Kier molecular flexibility index (Phi) is 3.01. The molecule has 1 unspecified atom stereocenters. The van der Waals surface area contributed by atoms with Crippen molar-refractivity contribution in [2.75, 3.05) is 6.54 Å². The highest BCUT2D eigenvalue weighted by Crippen LogP contribution is 2.38. The lowest BCUT2D eigenvalue weighted by Gasteiger charge is -2.10. The summed E-state index contributed by atoms with van der Waals surface area (Å²) in [4.78, 5) is 10.7. The Labute approximate surface area is 76.0 Å². The average Bonchev–Trinajstić information content (AvgIpc) is 2.41. The van der Waals surface area contributed by atoms with Gasteiger partial charge in [-0.15, -0.1) is 0 Å². The topological polar surface area (TPSA) is 29.1 Å². The minimum atomic E-state index is -2.52. The van der Waals surface area contributed by atoms with E-state index in [1.54, 1.807) is 0 Å². The maximum atomic E-state index is 12.7. The van der Waals surface area contributed by atoms with E-state index in [-0.39, 0.29) is 24.7 Å². The lowest BCUT2D eigenvalue weighted by molar-refractivity contribution is -0.116. The molecule has 0 saturated heterocycles. The second-order valence-corrected chi connectivity index (χ2v) is 3.41. The molecule has 1 fully saturated rings. The van der Waals surface area contributed by atoms with Gasteiger partial charge < -0.3 is 5.32 Å². The molecule has 0 radical (unpaired) electrons. The Bertz CT molecular complexity index is 216. The zero-order chi connectivity index (χ0) is 9.90. The van der Waals surface area contributed by atoms with Crippen LogP contribution in [0.1, 0.15) is 19.3 Å². The van der Waals surface area contributed by atoms with Crippen LogP contribution in [0.25, 0.3) is 0 Å². The highest BCUT2D eigenvalue weighted by Gasteiger charge is 2.39. The molecule has 1 N–H and O–H groups in total. The number of alkyl halides is 2. The van der Waals surface area contributed by atoms with E-state index in [1.807, 2.05) is 0 Å². The van der Waals surface area contributed by atoms with Crippen LogP contribution in [0.4, 0.5) is 8.78 Å². The number of rotatable bonds is 3. The summed E-state index contributed by atoms with van der Waals surface area (Å²) >= 11 is 0. The summed E-state index contributed by atoms with van der Waals surface area (Å²) in [6, 6.07) is 0. The maximum absolute atomic E-state index is 12.7. The Morgan fingerprint density at radius 1 is 1.69 bits per heavy atom. The standard InChI is InChI=1S/C9H13F2NO/c1-2-8(13)12-6-7-3-4-9(10,11)5-7/h2,7H,1,3-6H2,(H,12,13). The Balaban J connectivity index is 2.25. The Morgan fingerprint density at radius 3 is 2.85 bits per heavy atom. The zero-order valence-electron chi connectivity index (χ0n) is 7.35. The first-order valence-corrected chi connectivity index (χ1v) is 4.31. The molecule has 1 saturated carbocycles. The van der Waals surface area contributed by atoms with E-state index in [9.17, 15) is 13.6 Å². The number of carbonyl (C=O) groups is 1. The van der Waals surface area contributed by atoms with Crippen LogP contribution in [-0.4, -0.2) is 18.4 Å². The van der Waals surface area contributed by atoms with Crippen LogP contribution < -0.4 is 5.32 Å². The van der Waals surface area contributed by atoms with Crippen molar-refractivity contribution in [2.45, 2.75) is 25.2 Å². The molecule has 1 amide bonds. The number of halogens is 2. The van der Waals surface area contributed by atoms with E-state index in [0.29, 0.717) is 13.0 Å². The quantitative estimate of drug-likeness (QED) is 0.673. The van der Waals surface area contributed by atoms with E-state index >= 15 is 0 Å². The summed E-state index contributed by atoms with van der Waals surface area (Å²) in [6.45, 7) is 3.61. The van der Waals surface area contributed by atoms with Crippen LogP contribution in [0, 0.1) is 5.92 Å². The molecular formula is C9H13F2NO. The monoisotopic (exact) mass is 189 g/mol. The first-order chi connectivity index (χ1) is 6.03.